The number of aliphatic hydroxyl groups excluding tert-OH is 1. The fourth-order valence-corrected chi connectivity index (χ4v) is 4.31. The number of rotatable bonds is 4. The Bertz CT molecular complexity index is 947. The summed E-state index contributed by atoms with van der Waals surface area (Å²) < 4.78 is 17.4. The zero-order valence-electron chi connectivity index (χ0n) is 16.8. The number of nitrogens with one attached hydrogen (secondary N) is 1. The van der Waals surface area contributed by atoms with Crippen LogP contribution in [-0.4, -0.2) is 54.4 Å². The molecule has 7 nitrogen and oxygen atoms in total. The molecule has 2 atom stereocenters. The quantitative estimate of drug-likeness (QED) is 0.806. The molecular weight excluding hydrogens is 384 g/mol. The van der Waals surface area contributed by atoms with Gasteiger partial charge >= 0.3 is 0 Å². The summed E-state index contributed by atoms with van der Waals surface area (Å²) in [5, 5.41) is 13.6. The minimum Gasteiger partial charge on any atom is -0.488 e. The number of hydrogen-bond donors (Lipinski definition) is 2. The van der Waals surface area contributed by atoms with Crippen LogP contribution in [-0.2, 0) is 17.8 Å². The van der Waals surface area contributed by atoms with E-state index in [2.05, 4.69) is 10.2 Å². The van der Waals surface area contributed by atoms with Gasteiger partial charge in [0.05, 0.1) is 0 Å². The third-order valence-corrected chi connectivity index (χ3v) is 5.88. The molecule has 2 aromatic rings. The minimum absolute atomic E-state index is 0.0528. The van der Waals surface area contributed by atoms with E-state index in [1.807, 2.05) is 36.4 Å². The second kappa shape index (κ2) is 8.16. The number of carbonyl (C=O) groups excluding carboxylic acids is 1. The van der Waals surface area contributed by atoms with E-state index in [1.54, 1.807) is 0 Å². The second-order valence-electron chi connectivity index (χ2n) is 8.09. The monoisotopic (exact) mass is 410 g/mol. The van der Waals surface area contributed by atoms with Crippen LogP contribution in [0.25, 0.3) is 0 Å². The van der Waals surface area contributed by atoms with E-state index in [9.17, 15) is 9.90 Å². The lowest BCUT2D eigenvalue weighted by Gasteiger charge is -2.36. The van der Waals surface area contributed by atoms with Crippen molar-refractivity contribution in [2.24, 2.45) is 0 Å². The van der Waals surface area contributed by atoms with Gasteiger partial charge in [-0.25, -0.2) is 0 Å². The van der Waals surface area contributed by atoms with Crippen molar-refractivity contribution in [3.8, 4) is 17.2 Å². The number of likely N-dealkylation sites (tertiary alicyclic amines) is 1. The number of aliphatic hydroxyl groups is 1. The summed E-state index contributed by atoms with van der Waals surface area (Å²) in [5.74, 6) is 2.38. The van der Waals surface area contributed by atoms with Crippen molar-refractivity contribution < 1.29 is 24.1 Å². The summed E-state index contributed by atoms with van der Waals surface area (Å²) in [5.41, 5.74) is 3.08. The number of nitrogens with zero attached hydrogens (tertiary/aromatic N) is 1. The number of aryl methyl sites for hydroxylation is 1. The number of benzene rings is 2. The summed E-state index contributed by atoms with van der Waals surface area (Å²) in [6, 6.07) is 11.7. The van der Waals surface area contributed by atoms with Gasteiger partial charge < -0.3 is 24.6 Å². The molecule has 0 aromatic heterocycles. The Labute approximate surface area is 175 Å². The smallest absolute Gasteiger partial charge is 0.224 e. The molecular formula is C23H26N2O5. The zero-order valence-corrected chi connectivity index (χ0v) is 16.8. The van der Waals surface area contributed by atoms with Crippen LogP contribution in [0.5, 0.6) is 17.2 Å². The third-order valence-electron chi connectivity index (χ3n) is 5.88. The molecule has 5 rings (SSSR count). The molecule has 30 heavy (non-hydrogen) atoms. The van der Waals surface area contributed by atoms with Crippen LogP contribution in [0.3, 0.4) is 0 Å². The maximum atomic E-state index is 11.5. The van der Waals surface area contributed by atoms with Crippen molar-refractivity contribution in [2.75, 3.05) is 31.6 Å². The molecule has 0 unspecified atom stereocenters. The summed E-state index contributed by atoms with van der Waals surface area (Å²) >= 11 is 0. The first-order chi connectivity index (χ1) is 14.6. The van der Waals surface area contributed by atoms with Crippen molar-refractivity contribution in [2.45, 2.75) is 38.0 Å². The molecule has 2 N–H and O–H groups in total. The first kappa shape index (κ1) is 19.2. The number of amides is 1. The van der Waals surface area contributed by atoms with Crippen LogP contribution in [0.1, 0.15) is 24.0 Å². The van der Waals surface area contributed by atoms with Gasteiger partial charge in [-0.1, -0.05) is 6.07 Å². The molecule has 3 heterocycles. The Morgan fingerprint density at radius 2 is 1.97 bits per heavy atom. The second-order valence-corrected chi connectivity index (χ2v) is 8.09. The highest BCUT2D eigenvalue weighted by atomic mass is 16.6. The van der Waals surface area contributed by atoms with Gasteiger partial charge in [0.25, 0.3) is 0 Å². The molecule has 3 aliphatic heterocycles. The fraction of sp³-hybridized carbons (Fsp3) is 0.435. The molecule has 3 aliphatic rings. The summed E-state index contributed by atoms with van der Waals surface area (Å²) in [4.78, 5) is 13.7. The molecule has 0 spiro atoms. The van der Waals surface area contributed by atoms with Crippen LogP contribution < -0.4 is 19.5 Å². The van der Waals surface area contributed by atoms with E-state index in [-0.39, 0.29) is 12.0 Å². The van der Waals surface area contributed by atoms with Gasteiger partial charge in [0, 0.05) is 31.7 Å². The lowest BCUT2D eigenvalue weighted by Crippen LogP contribution is -2.48. The van der Waals surface area contributed by atoms with Crippen LogP contribution in [0, 0.1) is 0 Å². The normalized spacial score (nSPS) is 23.4. The highest BCUT2D eigenvalue weighted by Crippen LogP contribution is 2.32. The largest absolute Gasteiger partial charge is 0.488 e. The Morgan fingerprint density at radius 1 is 1.10 bits per heavy atom. The van der Waals surface area contributed by atoms with E-state index >= 15 is 0 Å². The molecule has 158 valence electrons. The first-order valence-electron chi connectivity index (χ1n) is 10.5. The third kappa shape index (κ3) is 4.08. The maximum Gasteiger partial charge on any atom is 0.224 e. The SMILES string of the molecule is O=C1CCc2cc(O[C@@H]3CCN(Cc4ccc5c(c4)OCCO5)C[C@H]3O)ccc2N1. The molecule has 0 bridgehead atoms. The van der Waals surface area contributed by atoms with Crippen molar-refractivity contribution in [1.82, 2.24) is 4.90 Å². The number of fused-ring (bicyclic) bond motifs is 2. The Balaban J connectivity index is 1.18. The van der Waals surface area contributed by atoms with E-state index in [0.29, 0.717) is 26.2 Å². The van der Waals surface area contributed by atoms with Gasteiger partial charge in [0.15, 0.2) is 11.5 Å². The van der Waals surface area contributed by atoms with Crippen molar-refractivity contribution >= 4 is 11.6 Å². The molecule has 1 amide bonds. The highest BCUT2D eigenvalue weighted by molar-refractivity contribution is 5.94. The number of piperidine rings is 1. The number of ether oxygens (including phenoxy) is 3. The Morgan fingerprint density at radius 3 is 2.83 bits per heavy atom. The van der Waals surface area contributed by atoms with Gasteiger partial charge in [-0.05, 0) is 54.3 Å². The number of anilines is 1. The molecule has 1 fully saturated rings. The van der Waals surface area contributed by atoms with E-state index < -0.39 is 6.10 Å². The highest BCUT2D eigenvalue weighted by Gasteiger charge is 2.30. The van der Waals surface area contributed by atoms with Crippen molar-refractivity contribution in [1.29, 1.82) is 0 Å². The molecule has 1 saturated heterocycles. The van der Waals surface area contributed by atoms with Crippen molar-refractivity contribution in [3.63, 3.8) is 0 Å². The zero-order chi connectivity index (χ0) is 20.5. The number of carbonyl (C=O) groups is 1. The molecule has 2 aromatic carbocycles. The van der Waals surface area contributed by atoms with Crippen LogP contribution >= 0.6 is 0 Å². The van der Waals surface area contributed by atoms with Gasteiger partial charge in [-0.3, -0.25) is 9.69 Å². The average Bonchev–Trinajstić information content (AvgIpc) is 2.76. The molecule has 0 saturated carbocycles. The molecule has 7 heteroatoms. The molecule has 0 radical (unpaired) electrons. The number of β-amino-alcohol motifs (C(OH)–C–C–N with tert-alkyl or cyclic N) is 1. The van der Waals surface area contributed by atoms with Crippen molar-refractivity contribution in [3.05, 3.63) is 47.5 Å². The van der Waals surface area contributed by atoms with Gasteiger partial charge in [-0.15, -0.1) is 0 Å². The standard InChI is InChI=1S/C23H26N2O5/c26-19-14-25(13-15-1-5-21-22(11-15)29-10-9-28-21)8-7-20(19)30-17-3-4-18-16(12-17)2-6-23(27)24-18/h1,3-5,11-12,19-20,26H,2,6-10,13-14H2,(H,24,27)/t19-,20-/m1/s1. The van der Waals surface area contributed by atoms with Gasteiger partial charge in [0.1, 0.15) is 31.2 Å². The van der Waals surface area contributed by atoms with Crippen LogP contribution in [0.15, 0.2) is 36.4 Å². The molecule has 0 aliphatic carbocycles. The Hall–Kier alpha value is -2.77. The topological polar surface area (TPSA) is 80.3 Å². The van der Waals surface area contributed by atoms with Crippen LogP contribution in [0.4, 0.5) is 5.69 Å². The van der Waals surface area contributed by atoms with Gasteiger partial charge in [0.2, 0.25) is 5.91 Å². The predicted octanol–water partition coefficient (Wildman–Crippen LogP) is 2.36. The van der Waals surface area contributed by atoms with E-state index in [0.717, 1.165) is 60.0 Å². The van der Waals surface area contributed by atoms with Gasteiger partial charge in [-0.2, -0.15) is 0 Å². The summed E-state index contributed by atoms with van der Waals surface area (Å²) in [6.45, 7) is 3.31. The summed E-state index contributed by atoms with van der Waals surface area (Å²) in [7, 11) is 0. The van der Waals surface area contributed by atoms with Crippen LogP contribution in [0.2, 0.25) is 0 Å². The lowest BCUT2D eigenvalue weighted by molar-refractivity contribution is -0.116. The average molecular weight is 410 g/mol. The summed E-state index contributed by atoms with van der Waals surface area (Å²) in [6.07, 6.45) is 1.16. The van der Waals surface area contributed by atoms with E-state index in [1.165, 1.54) is 0 Å². The maximum absolute atomic E-state index is 11.5. The Kier molecular flexibility index (Phi) is 5.23. The first-order valence-corrected chi connectivity index (χ1v) is 10.5. The predicted molar refractivity (Wildman–Crippen MR) is 111 cm³/mol. The number of hydrogen-bond acceptors (Lipinski definition) is 6. The van der Waals surface area contributed by atoms with E-state index in [4.69, 9.17) is 14.2 Å². The lowest BCUT2D eigenvalue weighted by atomic mass is 10.0. The fourth-order valence-electron chi connectivity index (χ4n) is 4.31. The minimum atomic E-state index is -0.563.